The first kappa shape index (κ1) is 10.2. The highest BCUT2D eigenvalue weighted by molar-refractivity contribution is 5.24. The molecule has 0 aliphatic rings. The van der Waals surface area contributed by atoms with Crippen LogP contribution in [0.25, 0.3) is 0 Å². The second-order valence-electron chi connectivity index (χ2n) is 3.31. The highest BCUT2D eigenvalue weighted by Gasteiger charge is 2.06. The van der Waals surface area contributed by atoms with Gasteiger partial charge in [0.15, 0.2) is 0 Å². The van der Waals surface area contributed by atoms with Gasteiger partial charge in [-0.25, -0.2) is 0 Å². The standard InChI is InChI=1S/C11H18N2/c1-9-4-6-10(7-5-9)11(13-3)8-12-2/h4-7,11-13H,8H2,1-3H3. The maximum absolute atomic E-state index is 3.28. The fourth-order valence-electron chi connectivity index (χ4n) is 1.39. The summed E-state index contributed by atoms with van der Waals surface area (Å²) in [6.07, 6.45) is 0. The normalized spacial score (nSPS) is 12.8. The first-order valence-electron chi connectivity index (χ1n) is 4.66. The van der Waals surface area contributed by atoms with E-state index < -0.39 is 0 Å². The lowest BCUT2D eigenvalue weighted by Gasteiger charge is -2.15. The van der Waals surface area contributed by atoms with Crippen LogP contribution in [0.1, 0.15) is 17.2 Å². The molecule has 0 aliphatic heterocycles. The van der Waals surface area contributed by atoms with Crippen molar-refractivity contribution in [3.63, 3.8) is 0 Å². The molecule has 0 aromatic heterocycles. The predicted octanol–water partition coefficient (Wildman–Crippen LogP) is 1.47. The Morgan fingerprint density at radius 3 is 2.23 bits per heavy atom. The molecule has 0 fully saturated rings. The van der Waals surface area contributed by atoms with E-state index in [4.69, 9.17) is 0 Å². The van der Waals surface area contributed by atoms with Crippen LogP contribution in [0.15, 0.2) is 24.3 Å². The summed E-state index contributed by atoms with van der Waals surface area (Å²) in [5, 5.41) is 6.45. The van der Waals surface area contributed by atoms with E-state index in [-0.39, 0.29) is 0 Å². The number of hydrogen-bond donors (Lipinski definition) is 2. The third-order valence-corrected chi connectivity index (χ3v) is 2.24. The maximum atomic E-state index is 3.28. The summed E-state index contributed by atoms with van der Waals surface area (Å²) < 4.78 is 0. The Kier molecular flexibility index (Phi) is 3.93. The summed E-state index contributed by atoms with van der Waals surface area (Å²) in [5.41, 5.74) is 2.64. The fraction of sp³-hybridized carbons (Fsp3) is 0.455. The number of hydrogen-bond acceptors (Lipinski definition) is 2. The Labute approximate surface area is 80.4 Å². The van der Waals surface area contributed by atoms with Crippen molar-refractivity contribution in [2.24, 2.45) is 0 Å². The van der Waals surface area contributed by atoms with E-state index in [1.807, 2.05) is 14.1 Å². The van der Waals surface area contributed by atoms with Gasteiger partial charge in [0.2, 0.25) is 0 Å². The van der Waals surface area contributed by atoms with Gasteiger partial charge in [-0.1, -0.05) is 29.8 Å². The molecule has 0 heterocycles. The van der Waals surface area contributed by atoms with Crippen LogP contribution in [0.5, 0.6) is 0 Å². The van der Waals surface area contributed by atoms with Crippen molar-refractivity contribution in [1.82, 2.24) is 10.6 Å². The van der Waals surface area contributed by atoms with Crippen molar-refractivity contribution in [2.45, 2.75) is 13.0 Å². The molecule has 2 heteroatoms. The summed E-state index contributed by atoms with van der Waals surface area (Å²) in [4.78, 5) is 0. The first-order chi connectivity index (χ1) is 6.27. The maximum Gasteiger partial charge on any atom is 0.0444 e. The van der Waals surface area contributed by atoms with Gasteiger partial charge in [-0.3, -0.25) is 0 Å². The molecule has 1 atom stereocenters. The van der Waals surface area contributed by atoms with Gasteiger partial charge < -0.3 is 10.6 Å². The molecule has 2 N–H and O–H groups in total. The van der Waals surface area contributed by atoms with Gasteiger partial charge in [-0.2, -0.15) is 0 Å². The van der Waals surface area contributed by atoms with Crippen LogP contribution in [-0.2, 0) is 0 Å². The Bertz CT molecular complexity index is 241. The third-order valence-electron chi connectivity index (χ3n) is 2.24. The number of rotatable bonds is 4. The zero-order valence-corrected chi connectivity index (χ0v) is 8.59. The summed E-state index contributed by atoms with van der Waals surface area (Å²) in [6, 6.07) is 9.05. The van der Waals surface area contributed by atoms with Crippen LogP contribution in [0.3, 0.4) is 0 Å². The van der Waals surface area contributed by atoms with E-state index in [0.717, 1.165) is 6.54 Å². The molecule has 0 saturated carbocycles. The molecule has 0 bridgehead atoms. The number of aryl methyl sites for hydroxylation is 1. The summed E-state index contributed by atoms with van der Waals surface area (Å²) in [5.74, 6) is 0. The Hall–Kier alpha value is -0.860. The smallest absolute Gasteiger partial charge is 0.0444 e. The molecule has 13 heavy (non-hydrogen) atoms. The number of likely N-dealkylation sites (N-methyl/N-ethyl adjacent to an activating group) is 2. The quantitative estimate of drug-likeness (QED) is 0.729. The van der Waals surface area contributed by atoms with Crippen LogP contribution in [0.2, 0.25) is 0 Å². The minimum absolute atomic E-state index is 0.408. The average molecular weight is 178 g/mol. The van der Waals surface area contributed by atoms with Gasteiger partial charge in [0.1, 0.15) is 0 Å². The van der Waals surface area contributed by atoms with Gasteiger partial charge in [0, 0.05) is 12.6 Å². The zero-order valence-electron chi connectivity index (χ0n) is 8.59. The van der Waals surface area contributed by atoms with Crippen molar-refractivity contribution < 1.29 is 0 Å². The summed E-state index contributed by atoms with van der Waals surface area (Å²) in [6.45, 7) is 3.07. The van der Waals surface area contributed by atoms with E-state index in [1.165, 1.54) is 11.1 Å². The molecule has 0 aliphatic carbocycles. The van der Waals surface area contributed by atoms with Crippen LogP contribution in [-0.4, -0.2) is 20.6 Å². The number of benzene rings is 1. The molecule has 72 valence electrons. The van der Waals surface area contributed by atoms with Gasteiger partial charge in [-0.05, 0) is 26.6 Å². The van der Waals surface area contributed by atoms with Crippen molar-refractivity contribution in [3.05, 3.63) is 35.4 Å². The van der Waals surface area contributed by atoms with E-state index in [1.54, 1.807) is 0 Å². The Morgan fingerprint density at radius 1 is 1.15 bits per heavy atom. The van der Waals surface area contributed by atoms with Crippen molar-refractivity contribution in [3.8, 4) is 0 Å². The topological polar surface area (TPSA) is 24.1 Å². The second kappa shape index (κ2) is 5.00. The van der Waals surface area contributed by atoms with Gasteiger partial charge in [0.05, 0.1) is 0 Å². The van der Waals surface area contributed by atoms with Crippen molar-refractivity contribution in [2.75, 3.05) is 20.6 Å². The van der Waals surface area contributed by atoms with Crippen LogP contribution in [0, 0.1) is 6.92 Å². The van der Waals surface area contributed by atoms with E-state index in [2.05, 4.69) is 41.8 Å². The van der Waals surface area contributed by atoms with Gasteiger partial charge in [0.25, 0.3) is 0 Å². The lowest BCUT2D eigenvalue weighted by Crippen LogP contribution is -2.27. The van der Waals surface area contributed by atoms with Crippen molar-refractivity contribution >= 4 is 0 Å². The van der Waals surface area contributed by atoms with Crippen LogP contribution >= 0.6 is 0 Å². The lowest BCUT2D eigenvalue weighted by atomic mass is 10.1. The second-order valence-corrected chi connectivity index (χ2v) is 3.31. The molecule has 1 aromatic carbocycles. The minimum atomic E-state index is 0.408. The molecule has 1 unspecified atom stereocenters. The van der Waals surface area contributed by atoms with E-state index in [0.29, 0.717) is 6.04 Å². The molecule has 0 radical (unpaired) electrons. The SMILES string of the molecule is CNCC(NC)c1ccc(C)cc1. The molecular weight excluding hydrogens is 160 g/mol. The zero-order chi connectivity index (χ0) is 9.68. The van der Waals surface area contributed by atoms with E-state index in [9.17, 15) is 0 Å². The Balaban J connectivity index is 2.73. The molecule has 0 spiro atoms. The first-order valence-corrected chi connectivity index (χ1v) is 4.66. The molecule has 0 saturated heterocycles. The summed E-state index contributed by atoms with van der Waals surface area (Å²) in [7, 11) is 3.96. The molecule has 1 aromatic rings. The highest BCUT2D eigenvalue weighted by Crippen LogP contribution is 2.12. The Morgan fingerprint density at radius 2 is 1.77 bits per heavy atom. The predicted molar refractivity (Wildman–Crippen MR) is 56.9 cm³/mol. The minimum Gasteiger partial charge on any atom is -0.318 e. The largest absolute Gasteiger partial charge is 0.318 e. The van der Waals surface area contributed by atoms with Crippen LogP contribution < -0.4 is 10.6 Å². The number of nitrogens with one attached hydrogen (secondary N) is 2. The van der Waals surface area contributed by atoms with Crippen LogP contribution in [0.4, 0.5) is 0 Å². The fourth-order valence-corrected chi connectivity index (χ4v) is 1.39. The highest BCUT2D eigenvalue weighted by atomic mass is 14.9. The molecule has 0 amide bonds. The molecule has 2 nitrogen and oxygen atoms in total. The summed E-state index contributed by atoms with van der Waals surface area (Å²) >= 11 is 0. The van der Waals surface area contributed by atoms with Crippen molar-refractivity contribution in [1.29, 1.82) is 0 Å². The van der Waals surface area contributed by atoms with E-state index >= 15 is 0 Å². The monoisotopic (exact) mass is 178 g/mol. The van der Waals surface area contributed by atoms with Gasteiger partial charge in [-0.15, -0.1) is 0 Å². The molecule has 1 rings (SSSR count). The molecular formula is C11H18N2. The lowest BCUT2D eigenvalue weighted by molar-refractivity contribution is 0.558. The third kappa shape index (κ3) is 2.83. The average Bonchev–Trinajstić information content (AvgIpc) is 2.16. The van der Waals surface area contributed by atoms with Gasteiger partial charge >= 0.3 is 0 Å².